The van der Waals surface area contributed by atoms with E-state index in [0.717, 1.165) is 18.5 Å². The Morgan fingerprint density at radius 1 is 1.03 bits per heavy atom. The van der Waals surface area contributed by atoms with Gasteiger partial charge < -0.3 is 9.80 Å². The van der Waals surface area contributed by atoms with Crippen LogP contribution in [-0.4, -0.2) is 65.8 Å². The van der Waals surface area contributed by atoms with Crippen LogP contribution in [0.3, 0.4) is 0 Å². The SMILES string of the molecule is CC(C(=O)N(C)Cc1cccc(F)c1)N1CCCN(C(=O)c2ccccc2)CC1. The van der Waals surface area contributed by atoms with E-state index in [9.17, 15) is 14.0 Å². The minimum absolute atomic E-state index is 0.00269. The summed E-state index contributed by atoms with van der Waals surface area (Å²) in [6, 6.07) is 15.3. The summed E-state index contributed by atoms with van der Waals surface area (Å²) in [5.41, 5.74) is 1.46. The lowest BCUT2D eigenvalue weighted by molar-refractivity contribution is -0.135. The van der Waals surface area contributed by atoms with Gasteiger partial charge in [0.15, 0.2) is 0 Å². The van der Waals surface area contributed by atoms with Gasteiger partial charge in [0.2, 0.25) is 5.91 Å². The largest absolute Gasteiger partial charge is 0.340 e. The fraction of sp³-hybridized carbons (Fsp3) is 0.391. The number of halogens is 1. The van der Waals surface area contributed by atoms with Crippen molar-refractivity contribution in [1.82, 2.24) is 14.7 Å². The van der Waals surface area contributed by atoms with Crippen molar-refractivity contribution in [2.24, 2.45) is 0 Å². The van der Waals surface area contributed by atoms with Gasteiger partial charge in [-0.25, -0.2) is 4.39 Å². The second kappa shape index (κ2) is 9.65. The van der Waals surface area contributed by atoms with Gasteiger partial charge in [0.05, 0.1) is 6.04 Å². The van der Waals surface area contributed by atoms with Crippen LogP contribution in [0.15, 0.2) is 54.6 Å². The third kappa shape index (κ3) is 5.41. The zero-order chi connectivity index (χ0) is 20.8. The Labute approximate surface area is 171 Å². The predicted molar refractivity (Wildman–Crippen MR) is 111 cm³/mol. The Hall–Kier alpha value is -2.73. The predicted octanol–water partition coefficient (Wildman–Crippen LogP) is 3.02. The van der Waals surface area contributed by atoms with Crippen LogP contribution in [0.25, 0.3) is 0 Å². The van der Waals surface area contributed by atoms with E-state index in [1.807, 2.05) is 48.2 Å². The van der Waals surface area contributed by atoms with Gasteiger partial charge in [-0.15, -0.1) is 0 Å². The Kier molecular flexibility index (Phi) is 6.99. The van der Waals surface area contributed by atoms with Crippen LogP contribution >= 0.6 is 0 Å². The maximum absolute atomic E-state index is 13.4. The molecule has 0 aliphatic carbocycles. The quantitative estimate of drug-likeness (QED) is 0.779. The molecular formula is C23H28FN3O2. The summed E-state index contributed by atoms with van der Waals surface area (Å²) in [6.45, 7) is 4.97. The minimum Gasteiger partial charge on any atom is -0.340 e. The summed E-state index contributed by atoms with van der Waals surface area (Å²) < 4.78 is 13.4. The van der Waals surface area contributed by atoms with Gasteiger partial charge in [-0.2, -0.15) is 0 Å². The number of rotatable bonds is 5. The van der Waals surface area contributed by atoms with Gasteiger partial charge >= 0.3 is 0 Å². The topological polar surface area (TPSA) is 43.9 Å². The molecule has 0 bridgehead atoms. The van der Waals surface area contributed by atoms with Crippen LogP contribution in [0.2, 0.25) is 0 Å². The molecule has 1 aliphatic rings. The van der Waals surface area contributed by atoms with E-state index < -0.39 is 0 Å². The summed E-state index contributed by atoms with van der Waals surface area (Å²) >= 11 is 0. The Bertz CT molecular complexity index is 843. The molecule has 1 aliphatic heterocycles. The summed E-state index contributed by atoms with van der Waals surface area (Å²) in [5.74, 6) is -0.265. The molecule has 0 N–H and O–H groups in total. The first-order valence-corrected chi connectivity index (χ1v) is 10.0. The molecule has 0 saturated carbocycles. The number of amides is 2. The molecule has 3 rings (SSSR count). The first kappa shape index (κ1) is 21.0. The summed E-state index contributed by atoms with van der Waals surface area (Å²) in [7, 11) is 1.74. The van der Waals surface area contributed by atoms with E-state index in [4.69, 9.17) is 0 Å². The minimum atomic E-state index is -0.299. The molecule has 1 saturated heterocycles. The first-order chi connectivity index (χ1) is 14.0. The van der Waals surface area contributed by atoms with Gasteiger partial charge in [0.1, 0.15) is 5.82 Å². The molecule has 1 heterocycles. The molecule has 0 aromatic heterocycles. The maximum Gasteiger partial charge on any atom is 0.253 e. The molecule has 1 fully saturated rings. The third-order valence-electron chi connectivity index (χ3n) is 5.43. The summed E-state index contributed by atoms with van der Waals surface area (Å²) in [6.07, 6.45) is 0.823. The van der Waals surface area contributed by atoms with Crippen LogP contribution in [0.4, 0.5) is 4.39 Å². The van der Waals surface area contributed by atoms with E-state index in [0.29, 0.717) is 31.7 Å². The number of benzene rings is 2. The Balaban J connectivity index is 1.57. The Morgan fingerprint density at radius 3 is 2.52 bits per heavy atom. The molecule has 1 unspecified atom stereocenters. The average molecular weight is 397 g/mol. The molecule has 154 valence electrons. The van der Waals surface area contributed by atoms with E-state index in [-0.39, 0.29) is 23.7 Å². The maximum atomic E-state index is 13.4. The number of carbonyl (C=O) groups is 2. The highest BCUT2D eigenvalue weighted by molar-refractivity contribution is 5.94. The molecule has 1 atom stereocenters. The van der Waals surface area contributed by atoms with Gasteiger partial charge in [-0.1, -0.05) is 30.3 Å². The summed E-state index contributed by atoms with van der Waals surface area (Å²) in [5, 5.41) is 0. The summed E-state index contributed by atoms with van der Waals surface area (Å²) in [4.78, 5) is 31.2. The van der Waals surface area contributed by atoms with Crippen molar-refractivity contribution in [3.63, 3.8) is 0 Å². The van der Waals surface area contributed by atoms with E-state index >= 15 is 0 Å². The number of nitrogens with zero attached hydrogens (tertiary/aromatic N) is 3. The number of hydrogen-bond acceptors (Lipinski definition) is 3. The Morgan fingerprint density at radius 2 is 1.79 bits per heavy atom. The van der Waals surface area contributed by atoms with Crippen molar-refractivity contribution < 1.29 is 14.0 Å². The van der Waals surface area contributed by atoms with E-state index in [1.165, 1.54) is 12.1 Å². The number of carbonyl (C=O) groups excluding carboxylic acids is 2. The van der Waals surface area contributed by atoms with Crippen molar-refractivity contribution in [3.05, 3.63) is 71.5 Å². The molecule has 5 nitrogen and oxygen atoms in total. The van der Waals surface area contributed by atoms with Crippen molar-refractivity contribution in [3.8, 4) is 0 Å². The first-order valence-electron chi connectivity index (χ1n) is 10.0. The fourth-order valence-corrected chi connectivity index (χ4v) is 3.75. The van der Waals surface area contributed by atoms with Gasteiger partial charge in [-0.3, -0.25) is 14.5 Å². The lowest BCUT2D eigenvalue weighted by Crippen LogP contribution is -2.47. The highest BCUT2D eigenvalue weighted by Gasteiger charge is 2.27. The molecule has 2 aromatic carbocycles. The average Bonchev–Trinajstić information content (AvgIpc) is 2.99. The third-order valence-corrected chi connectivity index (χ3v) is 5.43. The second-order valence-corrected chi connectivity index (χ2v) is 7.55. The second-order valence-electron chi connectivity index (χ2n) is 7.55. The van der Waals surface area contributed by atoms with Crippen LogP contribution in [0, 0.1) is 5.82 Å². The lowest BCUT2D eigenvalue weighted by Gasteiger charge is -2.30. The molecule has 29 heavy (non-hydrogen) atoms. The van der Waals surface area contributed by atoms with Crippen LogP contribution < -0.4 is 0 Å². The van der Waals surface area contributed by atoms with Gasteiger partial charge in [0.25, 0.3) is 5.91 Å². The molecule has 0 radical (unpaired) electrons. The zero-order valence-electron chi connectivity index (χ0n) is 17.1. The molecular weight excluding hydrogens is 369 g/mol. The van der Waals surface area contributed by atoms with Crippen LogP contribution in [0.1, 0.15) is 29.3 Å². The van der Waals surface area contributed by atoms with Crippen molar-refractivity contribution in [2.75, 3.05) is 33.2 Å². The molecule has 2 aromatic rings. The monoisotopic (exact) mass is 397 g/mol. The smallest absolute Gasteiger partial charge is 0.253 e. The van der Waals surface area contributed by atoms with Crippen LogP contribution in [0.5, 0.6) is 0 Å². The number of likely N-dealkylation sites (N-methyl/N-ethyl adjacent to an activating group) is 1. The normalized spacial score (nSPS) is 16.2. The van der Waals surface area contributed by atoms with Crippen LogP contribution in [-0.2, 0) is 11.3 Å². The zero-order valence-corrected chi connectivity index (χ0v) is 17.1. The lowest BCUT2D eigenvalue weighted by atomic mass is 10.2. The van der Waals surface area contributed by atoms with E-state index in [2.05, 4.69) is 4.90 Å². The number of hydrogen-bond donors (Lipinski definition) is 0. The molecule has 6 heteroatoms. The van der Waals surface area contributed by atoms with Crippen molar-refractivity contribution in [2.45, 2.75) is 25.9 Å². The van der Waals surface area contributed by atoms with Crippen molar-refractivity contribution >= 4 is 11.8 Å². The standard InChI is InChI=1S/C23H28FN3O2/c1-18(22(28)25(2)17-19-8-6-11-21(24)16-19)26-12-7-13-27(15-14-26)23(29)20-9-4-3-5-10-20/h3-6,8-11,16,18H,7,12-15,17H2,1-2H3. The van der Waals surface area contributed by atoms with Gasteiger partial charge in [0, 0.05) is 45.3 Å². The van der Waals surface area contributed by atoms with E-state index in [1.54, 1.807) is 18.0 Å². The van der Waals surface area contributed by atoms with Crippen molar-refractivity contribution in [1.29, 1.82) is 0 Å². The molecule has 0 spiro atoms. The highest BCUT2D eigenvalue weighted by atomic mass is 19.1. The van der Waals surface area contributed by atoms with Gasteiger partial charge in [-0.05, 0) is 43.2 Å². The fourth-order valence-electron chi connectivity index (χ4n) is 3.75. The highest BCUT2D eigenvalue weighted by Crippen LogP contribution is 2.14. The molecule has 2 amide bonds.